The average Bonchev–Trinajstić information content (AvgIpc) is 2.65. The van der Waals surface area contributed by atoms with Crippen LogP contribution in [0.1, 0.15) is 16.7 Å². The summed E-state index contributed by atoms with van der Waals surface area (Å²) in [6, 6.07) is 13.9. The number of nitrogens with zero attached hydrogens (tertiary/aromatic N) is 1. The second kappa shape index (κ2) is 6.34. The summed E-state index contributed by atoms with van der Waals surface area (Å²) in [5.74, 6) is 0.344. The van der Waals surface area contributed by atoms with Crippen LogP contribution in [0.2, 0.25) is 0 Å². The number of rotatable bonds is 2. The van der Waals surface area contributed by atoms with Crippen LogP contribution in [0.3, 0.4) is 0 Å². The van der Waals surface area contributed by atoms with Crippen LogP contribution in [-0.2, 0) is 4.79 Å². The lowest BCUT2D eigenvalue weighted by Gasteiger charge is -2.37. The van der Waals surface area contributed by atoms with E-state index in [1.54, 1.807) is 0 Å². The van der Waals surface area contributed by atoms with Gasteiger partial charge in [-0.25, -0.2) is 4.79 Å². The van der Waals surface area contributed by atoms with E-state index in [4.69, 9.17) is 4.74 Å². The van der Waals surface area contributed by atoms with Gasteiger partial charge in [0.15, 0.2) is 0 Å². The van der Waals surface area contributed by atoms with Crippen molar-refractivity contribution < 1.29 is 9.53 Å². The third-order valence-electron chi connectivity index (χ3n) is 5.07. The fourth-order valence-corrected chi connectivity index (χ4v) is 3.73. The van der Waals surface area contributed by atoms with E-state index in [-0.39, 0.29) is 12.0 Å². The van der Waals surface area contributed by atoms with Crippen molar-refractivity contribution in [1.29, 1.82) is 0 Å². The van der Waals surface area contributed by atoms with Crippen LogP contribution in [0.5, 0.6) is 5.75 Å². The Kier molecular flexibility index (Phi) is 4.00. The first-order valence-electron chi connectivity index (χ1n) is 8.77. The molecule has 0 radical (unpaired) electrons. The molecule has 1 aliphatic heterocycles. The number of fused-ring (bicyclic) bond motifs is 2. The molecule has 1 heterocycles. The lowest BCUT2D eigenvalue weighted by atomic mass is 9.86. The molecule has 0 N–H and O–H groups in total. The standard InChI is InChI=1S/C23H21NO2/c1-15-9-8-10-16(2)22(15)26-23(25)21-17-11-4-6-13-19(17)24(3)20-14-7-5-12-18(20)21/h4-14,19H,1-3H3. The number of carbonyl (C=O) groups excluding carboxylic acids is 1. The first kappa shape index (κ1) is 16.4. The fourth-order valence-electron chi connectivity index (χ4n) is 3.73. The van der Waals surface area contributed by atoms with E-state index in [1.807, 2.05) is 74.5 Å². The summed E-state index contributed by atoms with van der Waals surface area (Å²) >= 11 is 0. The second-order valence-electron chi connectivity index (χ2n) is 6.76. The minimum Gasteiger partial charge on any atom is -0.422 e. The molecular formula is C23H21NO2. The van der Waals surface area contributed by atoms with Gasteiger partial charge < -0.3 is 9.64 Å². The van der Waals surface area contributed by atoms with Gasteiger partial charge in [0.1, 0.15) is 5.75 Å². The monoisotopic (exact) mass is 343 g/mol. The van der Waals surface area contributed by atoms with E-state index < -0.39 is 0 Å². The number of allylic oxidation sites excluding steroid dienone is 2. The molecule has 1 unspecified atom stereocenters. The summed E-state index contributed by atoms with van der Waals surface area (Å²) in [7, 11) is 2.06. The fraction of sp³-hybridized carbons (Fsp3) is 0.174. The lowest BCUT2D eigenvalue weighted by molar-refractivity contribution is -0.128. The molecule has 26 heavy (non-hydrogen) atoms. The van der Waals surface area contributed by atoms with E-state index in [1.165, 1.54) is 0 Å². The van der Waals surface area contributed by atoms with Crippen molar-refractivity contribution >= 4 is 17.2 Å². The molecule has 2 aromatic rings. The second-order valence-corrected chi connectivity index (χ2v) is 6.76. The molecule has 0 saturated carbocycles. The van der Waals surface area contributed by atoms with Gasteiger partial charge in [-0.05, 0) is 36.6 Å². The molecule has 1 atom stereocenters. The number of ether oxygens (including phenoxy) is 1. The van der Waals surface area contributed by atoms with Gasteiger partial charge in [-0.3, -0.25) is 0 Å². The molecule has 0 aromatic heterocycles. The Morgan fingerprint density at radius 2 is 1.73 bits per heavy atom. The zero-order valence-corrected chi connectivity index (χ0v) is 15.2. The first-order valence-corrected chi connectivity index (χ1v) is 8.77. The number of hydrogen-bond acceptors (Lipinski definition) is 3. The minimum atomic E-state index is -0.303. The van der Waals surface area contributed by atoms with Gasteiger partial charge in [0.05, 0.1) is 11.6 Å². The number of para-hydroxylation sites is 2. The van der Waals surface area contributed by atoms with Gasteiger partial charge in [0.2, 0.25) is 0 Å². The number of anilines is 1. The molecular weight excluding hydrogens is 322 g/mol. The van der Waals surface area contributed by atoms with Crippen LogP contribution in [0.4, 0.5) is 5.69 Å². The summed E-state index contributed by atoms with van der Waals surface area (Å²) < 4.78 is 5.88. The van der Waals surface area contributed by atoms with Crippen molar-refractivity contribution in [3.8, 4) is 5.75 Å². The van der Waals surface area contributed by atoms with Gasteiger partial charge in [-0.2, -0.15) is 0 Å². The molecule has 2 aliphatic rings. The maximum atomic E-state index is 13.2. The van der Waals surface area contributed by atoms with Gasteiger partial charge in [0, 0.05) is 18.3 Å². The third kappa shape index (κ3) is 2.57. The van der Waals surface area contributed by atoms with E-state index in [9.17, 15) is 4.79 Å². The summed E-state index contributed by atoms with van der Waals surface area (Å²) in [6.07, 6.45) is 8.11. The number of aryl methyl sites for hydroxylation is 2. The highest BCUT2D eigenvalue weighted by molar-refractivity contribution is 6.21. The van der Waals surface area contributed by atoms with E-state index in [0.717, 1.165) is 28.0 Å². The molecule has 1 aliphatic carbocycles. The number of esters is 1. The van der Waals surface area contributed by atoms with Crippen LogP contribution < -0.4 is 9.64 Å². The van der Waals surface area contributed by atoms with Crippen LogP contribution in [0.15, 0.2) is 72.3 Å². The molecule has 0 spiro atoms. The van der Waals surface area contributed by atoms with E-state index in [2.05, 4.69) is 18.0 Å². The Balaban J connectivity index is 1.84. The minimum absolute atomic E-state index is 0.0374. The number of carbonyl (C=O) groups is 1. The summed E-state index contributed by atoms with van der Waals surface area (Å²) in [4.78, 5) is 15.4. The molecule has 0 saturated heterocycles. The normalized spacial score (nSPS) is 17.8. The van der Waals surface area contributed by atoms with Gasteiger partial charge in [0.25, 0.3) is 0 Å². The Hall–Kier alpha value is -3.07. The van der Waals surface area contributed by atoms with Crippen molar-refractivity contribution in [1.82, 2.24) is 0 Å². The lowest BCUT2D eigenvalue weighted by Crippen LogP contribution is -2.37. The SMILES string of the molecule is Cc1cccc(C)c1OC(=O)C1=C2C=CC=CC2N(C)c2ccccc21. The summed E-state index contributed by atoms with van der Waals surface area (Å²) in [5.41, 5.74) is 5.49. The van der Waals surface area contributed by atoms with Gasteiger partial charge in [-0.1, -0.05) is 60.7 Å². The van der Waals surface area contributed by atoms with Crippen molar-refractivity contribution in [3.05, 3.63) is 89.0 Å². The molecule has 0 fully saturated rings. The van der Waals surface area contributed by atoms with Crippen molar-refractivity contribution in [2.45, 2.75) is 19.9 Å². The zero-order chi connectivity index (χ0) is 18.3. The van der Waals surface area contributed by atoms with Gasteiger partial charge >= 0.3 is 5.97 Å². The molecule has 0 amide bonds. The van der Waals surface area contributed by atoms with Crippen LogP contribution in [0.25, 0.3) is 5.57 Å². The molecule has 130 valence electrons. The van der Waals surface area contributed by atoms with Crippen molar-refractivity contribution in [2.24, 2.45) is 0 Å². The third-order valence-corrected chi connectivity index (χ3v) is 5.07. The Bertz CT molecular complexity index is 961. The van der Waals surface area contributed by atoms with Crippen LogP contribution in [-0.4, -0.2) is 19.1 Å². The zero-order valence-electron chi connectivity index (χ0n) is 15.2. The van der Waals surface area contributed by atoms with E-state index >= 15 is 0 Å². The molecule has 0 bridgehead atoms. The highest BCUT2D eigenvalue weighted by Crippen LogP contribution is 2.40. The maximum absolute atomic E-state index is 13.2. The quantitative estimate of drug-likeness (QED) is 0.589. The number of likely N-dealkylation sites (N-methyl/N-ethyl adjacent to an activating group) is 1. The summed E-state index contributed by atoms with van der Waals surface area (Å²) in [5, 5.41) is 0. The maximum Gasteiger partial charge on any atom is 0.344 e. The van der Waals surface area contributed by atoms with E-state index in [0.29, 0.717) is 11.3 Å². The predicted octanol–water partition coefficient (Wildman–Crippen LogP) is 4.61. The smallest absolute Gasteiger partial charge is 0.344 e. The number of hydrogen-bond donors (Lipinski definition) is 0. The largest absolute Gasteiger partial charge is 0.422 e. The highest BCUT2D eigenvalue weighted by atomic mass is 16.5. The van der Waals surface area contributed by atoms with Crippen molar-refractivity contribution in [2.75, 3.05) is 11.9 Å². The first-order chi connectivity index (χ1) is 12.6. The highest BCUT2D eigenvalue weighted by Gasteiger charge is 2.33. The van der Waals surface area contributed by atoms with Crippen molar-refractivity contribution in [3.63, 3.8) is 0 Å². The van der Waals surface area contributed by atoms with Crippen LogP contribution in [0, 0.1) is 13.8 Å². The molecule has 4 rings (SSSR count). The molecule has 3 nitrogen and oxygen atoms in total. The summed E-state index contributed by atoms with van der Waals surface area (Å²) in [6.45, 7) is 3.92. The Morgan fingerprint density at radius 3 is 2.50 bits per heavy atom. The Labute approximate surface area is 153 Å². The average molecular weight is 343 g/mol. The molecule has 2 aromatic carbocycles. The van der Waals surface area contributed by atoms with Crippen LogP contribution >= 0.6 is 0 Å². The van der Waals surface area contributed by atoms with Gasteiger partial charge in [-0.15, -0.1) is 0 Å². The topological polar surface area (TPSA) is 29.5 Å². The number of benzene rings is 2. The molecule has 3 heteroatoms. The Morgan fingerprint density at radius 1 is 1.00 bits per heavy atom. The predicted molar refractivity (Wildman–Crippen MR) is 105 cm³/mol.